The fourth-order valence-electron chi connectivity index (χ4n) is 4.28. The Balaban J connectivity index is 0.000000329. The highest BCUT2D eigenvalue weighted by Crippen LogP contribution is 2.41. The molecule has 0 spiro atoms. The van der Waals surface area contributed by atoms with Crippen molar-refractivity contribution in [3.63, 3.8) is 0 Å². The fraction of sp³-hybridized carbons (Fsp3) is 0.423. The van der Waals surface area contributed by atoms with E-state index in [0.29, 0.717) is 5.02 Å². The molecule has 1 fully saturated rings. The van der Waals surface area contributed by atoms with Crippen LogP contribution < -0.4 is 16.0 Å². The summed E-state index contributed by atoms with van der Waals surface area (Å²) in [5.41, 5.74) is 3.67. The highest BCUT2D eigenvalue weighted by Gasteiger charge is 2.35. The number of aliphatic hydroxyl groups is 1. The lowest BCUT2D eigenvalue weighted by atomic mass is 9.84. The van der Waals surface area contributed by atoms with Crippen molar-refractivity contribution < 1.29 is 5.11 Å². The summed E-state index contributed by atoms with van der Waals surface area (Å²) in [6, 6.07) is 6.08. The van der Waals surface area contributed by atoms with Gasteiger partial charge in [-0.1, -0.05) is 37.6 Å². The summed E-state index contributed by atoms with van der Waals surface area (Å²) in [6.45, 7) is 10.4. The molecule has 0 radical (unpaired) electrons. The number of fused-ring (bicyclic) bond motifs is 2. The van der Waals surface area contributed by atoms with Crippen LogP contribution >= 0.6 is 11.6 Å². The predicted molar refractivity (Wildman–Crippen MR) is 137 cm³/mol. The molecule has 1 aromatic heterocycles. The third-order valence-electron chi connectivity index (χ3n) is 5.98. The monoisotopic (exact) mass is 469 g/mol. The number of allylic oxidation sites excluding steroid dienone is 2. The maximum atomic E-state index is 11.5. The molecule has 6 nitrogen and oxygen atoms in total. The zero-order valence-corrected chi connectivity index (χ0v) is 20.8. The molecule has 1 aromatic carbocycles. The first-order valence-electron chi connectivity index (χ1n) is 11.7. The van der Waals surface area contributed by atoms with Gasteiger partial charge in [0.05, 0.1) is 24.3 Å². The summed E-state index contributed by atoms with van der Waals surface area (Å²) in [7, 11) is 1.89. The van der Waals surface area contributed by atoms with Crippen molar-refractivity contribution in [2.24, 2.45) is 7.05 Å². The molecule has 5 rings (SSSR count). The largest absolute Gasteiger partial charge is 0.384 e. The number of aromatic nitrogens is 2. The van der Waals surface area contributed by atoms with Crippen LogP contribution in [0.1, 0.15) is 37.6 Å². The van der Waals surface area contributed by atoms with Crippen LogP contribution in [-0.2, 0) is 19.1 Å². The van der Waals surface area contributed by atoms with E-state index in [1.807, 2.05) is 62.9 Å². The number of halogens is 1. The summed E-state index contributed by atoms with van der Waals surface area (Å²) in [5, 5.41) is 22.0. The molecular weight excluding hydrogens is 434 g/mol. The van der Waals surface area contributed by atoms with Gasteiger partial charge in [-0.3, -0.25) is 0 Å². The molecule has 2 aromatic rings. The molecule has 0 bridgehead atoms. The van der Waals surface area contributed by atoms with E-state index in [-0.39, 0.29) is 6.04 Å². The van der Waals surface area contributed by atoms with Crippen LogP contribution in [0, 0.1) is 0 Å². The lowest BCUT2D eigenvalue weighted by Crippen LogP contribution is -2.39. The summed E-state index contributed by atoms with van der Waals surface area (Å²) >= 11 is 6.29. The number of imidazole rings is 1. The minimum atomic E-state index is -1.19. The van der Waals surface area contributed by atoms with Crippen LogP contribution in [0.5, 0.6) is 0 Å². The van der Waals surface area contributed by atoms with Crippen molar-refractivity contribution >= 4 is 17.2 Å². The van der Waals surface area contributed by atoms with Crippen molar-refractivity contribution in [1.82, 2.24) is 25.5 Å². The first-order valence-corrected chi connectivity index (χ1v) is 12.1. The zero-order chi connectivity index (χ0) is 23.8. The second-order valence-corrected chi connectivity index (χ2v) is 8.71. The molecule has 3 aliphatic rings. The number of aryl methyl sites for hydroxylation is 1. The highest BCUT2D eigenvalue weighted by atomic mass is 35.5. The predicted octanol–water partition coefficient (Wildman–Crippen LogP) is 3.54. The smallest absolute Gasteiger partial charge is 0.129 e. The third kappa shape index (κ3) is 5.95. The number of hydrogen-bond donors (Lipinski definition) is 4. The summed E-state index contributed by atoms with van der Waals surface area (Å²) < 4.78 is 1.85. The van der Waals surface area contributed by atoms with Gasteiger partial charge >= 0.3 is 0 Å². The van der Waals surface area contributed by atoms with Crippen molar-refractivity contribution in [2.45, 2.75) is 38.8 Å². The first kappa shape index (κ1) is 25.2. The number of dihydropyridines is 1. The van der Waals surface area contributed by atoms with Gasteiger partial charge < -0.3 is 25.6 Å². The van der Waals surface area contributed by atoms with E-state index in [4.69, 9.17) is 11.6 Å². The van der Waals surface area contributed by atoms with E-state index in [2.05, 4.69) is 33.1 Å². The van der Waals surface area contributed by atoms with E-state index < -0.39 is 5.60 Å². The first-order chi connectivity index (χ1) is 16.0. The molecule has 178 valence electrons. The molecule has 0 amide bonds. The molecule has 0 saturated carbocycles. The number of nitrogens with zero attached hydrogens (tertiary/aromatic N) is 2. The Bertz CT molecular complexity index is 1010. The summed E-state index contributed by atoms with van der Waals surface area (Å²) in [5.74, 6) is 0. The average Bonchev–Trinajstić information content (AvgIpc) is 3.21. The maximum absolute atomic E-state index is 11.5. The van der Waals surface area contributed by atoms with Gasteiger partial charge in [0.25, 0.3) is 0 Å². The lowest BCUT2D eigenvalue weighted by Gasteiger charge is -2.28. The van der Waals surface area contributed by atoms with Gasteiger partial charge in [-0.05, 0) is 66.1 Å². The Morgan fingerprint density at radius 1 is 1.15 bits per heavy atom. The van der Waals surface area contributed by atoms with E-state index in [1.54, 1.807) is 12.5 Å². The molecule has 1 aliphatic carbocycles. The van der Waals surface area contributed by atoms with E-state index in [9.17, 15) is 5.11 Å². The number of hydrogen-bond acceptors (Lipinski definition) is 5. The molecule has 1 saturated heterocycles. The van der Waals surface area contributed by atoms with Crippen LogP contribution in [0.15, 0.2) is 60.7 Å². The summed E-state index contributed by atoms with van der Waals surface area (Å²) in [4.78, 5) is 4.17. The highest BCUT2D eigenvalue weighted by molar-refractivity contribution is 6.30. The number of nitrogens with one attached hydrogen (secondary N) is 3. The van der Waals surface area contributed by atoms with E-state index >= 15 is 0 Å². The quantitative estimate of drug-likeness (QED) is 0.541. The van der Waals surface area contributed by atoms with E-state index in [1.165, 1.54) is 0 Å². The Morgan fingerprint density at radius 2 is 1.85 bits per heavy atom. The molecule has 2 unspecified atom stereocenters. The van der Waals surface area contributed by atoms with Crippen molar-refractivity contribution in [3.8, 4) is 0 Å². The molecule has 7 heteroatoms. The Labute approximate surface area is 202 Å². The minimum Gasteiger partial charge on any atom is -0.384 e. The molecule has 2 atom stereocenters. The van der Waals surface area contributed by atoms with Crippen LogP contribution in [-0.4, -0.2) is 46.9 Å². The third-order valence-corrected chi connectivity index (χ3v) is 6.21. The standard InChI is InChI=1S/C20H20ClN3O.C4H10N2.C2H6/c1-20(25,19-11-22-12-24(19)2)17-8-14-4-3-7-23-18(14)9-13-5-6-15(21)10-16(13)17;1-2-6-4-3-5-1;1-2/h3-8,10-12,18,23,25H,9H2,1-2H3;5-6H,1-4H2;1-2H3. The Kier molecular flexibility index (Phi) is 8.92. The number of piperazine rings is 1. The van der Waals surface area contributed by atoms with Crippen molar-refractivity contribution in [1.29, 1.82) is 0 Å². The SMILES string of the molecule is C1CNCCN1.CC.Cn1cncc1C(C)(O)C1=CC2=CC=CNC2Cc2ccc(Cl)cc21. The normalized spacial score (nSPS) is 20.6. The maximum Gasteiger partial charge on any atom is 0.129 e. The number of rotatable bonds is 2. The van der Waals surface area contributed by atoms with Gasteiger partial charge in [0.15, 0.2) is 0 Å². The number of benzene rings is 1. The Hall–Kier alpha value is -2.38. The van der Waals surface area contributed by atoms with Gasteiger partial charge in [-0.15, -0.1) is 0 Å². The zero-order valence-electron chi connectivity index (χ0n) is 20.0. The summed E-state index contributed by atoms with van der Waals surface area (Å²) in [6.07, 6.45) is 12.4. The minimum absolute atomic E-state index is 0.185. The van der Waals surface area contributed by atoms with Crippen LogP contribution in [0.25, 0.3) is 5.57 Å². The van der Waals surface area contributed by atoms with Gasteiger partial charge in [0, 0.05) is 38.2 Å². The van der Waals surface area contributed by atoms with Crippen LogP contribution in [0.4, 0.5) is 0 Å². The topological polar surface area (TPSA) is 74.1 Å². The average molecular weight is 470 g/mol. The molecular formula is C26H36ClN5O. The van der Waals surface area contributed by atoms with Gasteiger partial charge in [0.1, 0.15) is 5.60 Å². The molecule has 2 aliphatic heterocycles. The van der Waals surface area contributed by atoms with Crippen molar-refractivity contribution in [2.75, 3.05) is 26.2 Å². The van der Waals surface area contributed by atoms with Gasteiger partial charge in [-0.25, -0.2) is 4.98 Å². The molecule has 3 heterocycles. The van der Waals surface area contributed by atoms with Crippen LogP contribution in [0.3, 0.4) is 0 Å². The second-order valence-electron chi connectivity index (χ2n) is 8.27. The molecule has 33 heavy (non-hydrogen) atoms. The second kappa shape index (κ2) is 11.7. The Morgan fingerprint density at radius 3 is 2.45 bits per heavy atom. The molecule has 4 N–H and O–H groups in total. The van der Waals surface area contributed by atoms with Crippen molar-refractivity contribution in [3.05, 3.63) is 82.6 Å². The van der Waals surface area contributed by atoms with Gasteiger partial charge in [-0.2, -0.15) is 0 Å². The van der Waals surface area contributed by atoms with E-state index in [0.717, 1.165) is 60.6 Å². The van der Waals surface area contributed by atoms with Gasteiger partial charge in [0.2, 0.25) is 0 Å². The van der Waals surface area contributed by atoms with Crippen LogP contribution in [0.2, 0.25) is 5.02 Å². The lowest BCUT2D eigenvalue weighted by molar-refractivity contribution is 0.114. The fourth-order valence-corrected chi connectivity index (χ4v) is 4.45.